The summed E-state index contributed by atoms with van der Waals surface area (Å²) in [6, 6.07) is 30.0. The van der Waals surface area contributed by atoms with Gasteiger partial charge in [-0.3, -0.25) is 9.97 Å². The minimum atomic E-state index is 0. The summed E-state index contributed by atoms with van der Waals surface area (Å²) in [4.78, 5) is 17.8. The molecule has 2 aliphatic rings. The number of pyridine rings is 2. The summed E-state index contributed by atoms with van der Waals surface area (Å²) in [5.74, 6) is 0. The van der Waals surface area contributed by atoms with E-state index in [-0.39, 0.29) is 12.4 Å². The fourth-order valence-corrected chi connectivity index (χ4v) is 7.86. The number of aromatic nitrogens is 4. The molecule has 0 radical (unpaired) electrons. The van der Waals surface area contributed by atoms with E-state index in [1.54, 1.807) is 0 Å². The maximum atomic E-state index is 6.09. The largest absolute Gasteiger partial charge is 0.365 e. The number of aromatic amines is 1. The van der Waals surface area contributed by atoms with Crippen LogP contribution in [0.4, 0.5) is 11.4 Å². The number of H-pyrrole nitrogens is 1. The number of rotatable bonds is 4. The van der Waals surface area contributed by atoms with E-state index in [0.717, 1.165) is 61.6 Å². The Morgan fingerprint density at radius 3 is 1.82 bits per heavy atom. The first-order valence-corrected chi connectivity index (χ1v) is 18.0. The molecule has 7 aromatic rings. The van der Waals surface area contributed by atoms with Gasteiger partial charge in [0.05, 0.1) is 33.4 Å². The minimum absolute atomic E-state index is 0. The Balaban J connectivity index is 0.000000164. The molecule has 0 aliphatic carbocycles. The van der Waals surface area contributed by atoms with E-state index in [1.807, 2.05) is 24.5 Å². The molecule has 0 bridgehead atoms. The molecule has 1 N–H and O–H groups in total. The average Bonchev–Trinajstić information content (AvgIpc) is 3.58. The minimum Gasteiger partial charge on any atom is -0.365 e. The average molecular weight is 716 g/mol. The molecule has 0 fully saturated rings. The van der Waals surface area contributed by atoms with E-state index in [4.69, 9.17) is 16.6 Å². The van der Waals surface area contributed by atoms with Crippen molar-refractivity contribution in [1.82, 2.24) is 19.5 Å². The highest BCUT2D eigenvalue weighted by atomic mass is 35.5. The van der Waals surface area contributed by atoms with Crippen LogP contribution in [-0.2, 0) is 32.5 Å². The summed E-state index contributed by atoms with van der Waals surface area (Å²) in [5, 5.41) is 0.772. The Morgan fingerprint density at radius 2 is 1.20 bits per heavy atom. The number of anilines is 2. The molecule has 3 aromatic carbocycles. The first kappa shape index (κ1) is 34.7. The highest BCUT2D eigenvalue weighted by molar-refractivity contribution is 6.30. The Kier molecular flexibility index (Phi) is 9.82. The van der Waals surface area contributed by atoms with Crippen LogP contribution in [0.25, 0.3) is 22.1 Å². The van der Waals surface area contributed by atoms with Gasteiger partial charge in [0.2, 0.25) is 0 Å². The zero-order valence-electron chi connectivity index (χ0n) is 29.7. The smallest absolute Gasteiger partial charge is 0.0934 e. The first-order valence-electron chi connectivity index (χ1n) is 17.6. The standard InChI is InChI=1S/C25H24ClN3.C18H19N3.ClH/c1-17-18(2)29(15-19-7-9-22(26)10-8-19)25-23(11-13-27-24(17)25)28-14-12-20-5-3-4-6-21(20)16-28;1-12-13(2)20-18-16(7-9-19-17(12)18)21-10-8-14-5-3-4-6-15(14)11-21;/h3-11,13H,12,14-16H2,1-2H3;3-7,9,20H,8,10-11H2,1-2H3;1H. The summed E-state index contributed by atoms with van der Waals surface area (Å²) in [7, 11) is 0. The van der Waals surface area contributed by atoms with E-state index in [2.05, 4.69) is 125 Å². The van der Waals surface area contributed by atoms with Crippen molar-refractivity contribution >= 4 is 57.4 Å². The van der Waals surface area contributed by atoms with Gasteiger partial charge in [0, 0.05) is 61.5 Å². The van der Waals surface area contributed by atoms with Gasteiger partial charge in [0.25, 0.3) is 0 Å². The number of hydrogen-bond acceptors (Lipinski definition) is 4. The molecule has 2 aliphatic heterocycles. The van der Waals surface area contributed by atoms with Gasteiger partial charge in [0.1, 0.15) is 0 Å². The third-order valence-corrected chi connectivity index (χ3v) is 11.1. The van der Waals surface area contributed by atoms with Crippen molar-refractivity contribution < 1.29 is 0 Å². The Hall–Kier alpha value is -4.78. The molecular formula is C43H44Cl2N6. The highest BCUT2D eigenvalue weighted by Gasteiger charge is 2.23. The van der Waals surface area contributed by atoms with Crippen molar-refractivity contribution in [2.45, 2.75) is 60.2 Å². The maximum Gasteiger partial charge on any atom is 0.0934 e. The lowest BCUT2D eigenvalue weighted by atomic mass is 9.99. The quantitative estimate of drug-likeness (QED) is 0.197. The van der Waals surface area contributed by atoms with E-state index < -0.39 is 0 Å². The lowest BCUT2D eigenvalue weighted by Crippen LogP contribution is -2.30. The zero-order valence-corrected chi connectivity index (χ0v) is 31.3. The van der Waals surface area contributed by atoms with Crippen LogP contribution in [0.2, 0.25) is 5.02 Å². The summed E-state index contributed by atoms with van der Waals surface area (Å²) in [5.41, 5.74) is 19.2. The number of benzene rings is 3. The predicted octanol–water partition coefficient (Wildman–Crippen LogP) is 10.1. The SMILES string of the molecule is Cc1[nH]c2c(N3CCc4ccccc4C3)ccnc2c1C.Cc1c(C)n(Cc2ccc(Cl)cc2)c2c(N3CCc4ccccc4C3)ccnc12.Cl. The van der Waals surface area contributed by atoms with Crippen LogP contribution >= 0.6 is 24.0 Å². The molecule has 0 saturated carbocycles. The molecule has 4 aromatic heterocycles. The summed E-state index contributed by atoms with van der Waals surface area (Å²) in [6.45, 7) is 13.5. The normalized spacial score (nSPS) is 13.7. The Bertz CT molecular complexity index is 2340. The van der Waals surface area contributed by atoms with Gasteiger partial charge >= 0.3 is 0 Å². The van der Waals surface area contributed by atoms with E-state index in [1.165, 1.54) is 72.7 Å². The predicted molar refractivity (Wildman–Crippen MR) is 215 cm³/mol. The molecule has 0 saturated heterocycles. The van der Waals surface area contributed by atoms with Gasteiger partial charge in [-0.15, -0.1) is 12.4 Å². The molecule has 9 rings (SSSR count). The van der Waals surface area contributed by atoms with Crippen LogP contribution in [0, 0.1) is 27.7 Å². The van der Waals surface area contributed by atoms with E-state index in [9.17, 15) is 0 Å². The van der Waals surface area contributed by atoms with Gasteiger partial charge in [-0.25, -0.2) is 0 Å². The second kappa shape index (κ2) is 14.5. The molecule has 0 unspecified atom stereocenters. The number of nitrogens with zero attached hydrogens (tertiary/aromatic N) is 5. The highest BCUT2D eigenvalue weighted by Crippen LogP contribution is 2.35. The van der Waals surface area contributed by atoms with Crippen molar-refractivity contribution in [2.24, 2.45) is 0 Å². The maximum absolute atomic E-state index is 6.09. The molecule has 0 spiro atoms. The topological polar surface area (TPSA) is 53.0 Å². The van der Waals surface area contributed by atoms with Crippen LogP contribution < -0.4 is 9.80 Å². The van der Waals surface area contributed by atoms with Crippen LogP contribution in [0.15, 0.2) is 97.3 Å². The van der Waals surface area contributed by atoms with Gasteiger partial charge in [0.15, 0.2) is 0 Å². The monoisotopic (exact) mass is 714 g/mol. The molecule has 6 nitrogen and oxygen atoms in total. The van der Waals surface area contributed by atoms with E-state index in [0.29, 0.717) is 0 Å². The summed E-state index contributed by atoms with van der Waals surface area (Å²) >= 11 is 6.09. The molecule has 0 amide bonds. The lowest BCUT2D eigenvalue weighted by molar-refractivity contribution is 0.727. The summed E-state index contributed by atoms with van der Waals surface area (Å²) in [6.07, 6.45) is 6.07. The number of nitrogens with one attached hydrogen (secondary N) is 1. The Labute approximate surface area is 311 Å². The van der Waals surface area contributed by atoms with Gasteiger partial charge in [-0.2, -0.15) is 0 Å². The number of hydrogen-bond donors (Lipinski definition) is 1. The molecular weight excluding hydrogens is 671 g/mol. The first-order chi connectivity index (χ1) is 24.4. The Morgan fingerprint density at radius 1 is 0.647 bits per heavy atom. The van der Waals surface area contributed by atoms with Crippen LogP contribution in [-0.4, -0.2) is 32.6 Å². The van der Waals surface area contributed by atoms with Gasteiger partial charge in [-0.1, -0.05) is 72.3 Å². The third-order valence-electron chi connectivity index (χ3n) is 10.8. The van der Waals surface area contributed by atoms with Crippen molar-refractivity contribution in [1.29, 1.82) is 0 Å². The van der Waals surface area contributed by atoms with Gasteiger partial charge < -0.3 is 19.4 Å². The summed E-state index contributed by atoms with van der Waals surface area (Å²) < 4.78 is 2.41. The third kappa shape index (κ3) is 6.59. The molecule has 260 valence electrons. The van der Waals surface area contributed by atoms with Crippen molar-refractivity contribution in [2.75, 3.05) is 22.9 Å². The fourth-order valence-electron chi connectivity index (χ4n) is 7.74. The zero-order chi connectivity index (χ0) is 34.4. The molecule has 51 heavy (non-hydrogen) atoms. The molecule has 6 heterocycles. The van der Waals surface area contributed by atoms with E-state index >= 15 is 0 Å². The van der Waals surface area contributed by atoms with Crippen molar-refractivity contribution in [3.63, 3.8) is 0 Å². The number of fused-ring (bicyclic) bond motifs is 4. The number of halogens is 2. The van der Waals surface area contributed by atoms with Gasteiger partial charge in [-0.05, 0) is 104 Å². The van der Waals surface area contributed by atoms with Crippen LogP contribution in [0.5, 0.6) is 0 Å². The van der Waals surface area contributed by atoms with Crippen molar-refractivity contribution in [3.8, 4) is 0 Å². The lowest BCUT2D eigenvalue weighted by Gasteiger charge is -2.31. The molecule has 8 heteroatoms. The van der Waals surface area contributed by atoms with Crippen molar-refractivity contribution in [3.05, 3.63) is 153 Å². The second-order valence-electron chi connectivity index (χ2n) is 13.8. The number of aryl methyl sites for hydroxylation is 3. The van der Waals surface area contributed by atoms with Crippen LogP contribution in [0.3, 0.4) is 0 Å². The second-order valence-corrected chi connectivity index (χ2v) is 14.2. The molecule has 0 atom stereocenters. The fraction of sp³-hybridized carbons (Fsp3) is 0.256. The van der Waals surface area contributed by atoms with Crippen LogP contribution in [0.1, 0.15) is 50.3 Å².